The maximum atomic E-state index is 11.2. The third kappa shape index (κ3) is 2.35. The molecule has 0 aliphatic rings. The Morgan fingerprint density at radius 1 is 1.50 bits per heavy atom. The summed E-state index contributed by atoms with van der Waals surface area (Å²) in [5.74, 6) is 0.150. The van der Waals surface area contributed by atoms with Gasteiger partial charge in [0.05, 0.1) is 0 Å². The van der Waals surface area contributed by atoms with Crippen molar-refractivity contribution < 1.29 is 13.2 Å². The van der Waals surface area contributed by atoms with Crippen LogP contribution in [0.5, 0.6) is 0 Å². The Kier molecular flexibility index (Phi) is 2.95. The van der Waals surface area contributed by atoms with Crippen LogP contribution < -0.4 is 0 Å². The Labute approximate surface area is 82.1 Å². The number of aldehydes is 1. The van der Waals surface area contributed by atoms with E-state index in [1.807, 2.05) is 0 Å². The van der Waals surface area contributed by atoms with Crippen LogP contribution in [0.25, 0.3) is 0 Å². The van der Waals surface area contributed by atoms with E-state index in [2.05, 4.69) is 9.97 Å². The Morgan fingerprint density at radius 2 is 2.14 bits per heavy atom. The van der Waals surface area contributed by atoms with Crippen molar-refractivity contribution >= 4 is 16.1 Å². The van der Waals surface area contributed by atoms with Gasteiger partial charge >= 0.3 is 0 Å². The summed E-state index contributed by atoms with van der Waals surface area (Å²) >= 11 is 0. The second kappa shape index (κ2) is 3.83. The first kappa shape index (κ1) is 10.8. The summed E-state index contributed by atoms with van der Waals surface area (Å²) in [7, 11) is -3.22. The molecule has 0 bridgehead atoms. The lowest BCUT2D eigenvalue weighted by molar-refractivity contribution is 0.111. The van der Waals surface area contributed by atoms with Crippen molar-refractivity contribution in [2.24, 2.45) is 0 Å². The molecule has 1 rings (SSSR count). The van der Waals surface area contributed by atoms with Gasteiger partial charge in [0.15, 0.2) is 16.1 Å². The molecule has 0 aromatic carbocycles. The molecule has 1 unspecified atom stereocenters. The molecular weight excluding hydrogens is 204 g/mol. The SMILES string of the molecule is CC(c1nccc(C=O)n1)S(C)(=O)=O. The molecule has 0 spiro atoms. The molecule has 0 saturated carbocycles. The topological polar surface area (TPSA) is 77.0 Å². The first-order chi connectivity index (χ1) is 6.45. The molecule has 1 aromatic rings. The third-order valence-corrected chi connectivity index (χ3v) is 3.32. The minimum absolute atomic E-state index is 0.150. The van der Waals surface area contributed by atoms with Crippen molar-refractivity contribution in [1.82, 2.24) is 9.97 Å². The summed E-state index contributed by atoms with van der Waals surface area (Å²) in [6.45, 7) is 1.49. The fourth-order valence-electron chi connectivity index (χ4n) is 0.841. The van der Waals surface area contributed by atoms with Crippen molar-refractivity contribution in [3.63, 3.8) is 0 Å². The van der Waals surface area contributed by atoms with E-state index < -0.39 is 15.1 Å². The molecule has 1 aromatic heterocycles. The van der Waals surface area contributed by atoms with E-state index in [-0.39, 0.29) is 11.5 Å². The van der Waals surface area contributed by atoms with Crippen LogP contribution in [0.2, 0.25) is 0 Å². The highest BCUT2D eigenvalue weighted by molar-refractivity contribution is 7.90. The van der Waals surface area contributed by atoms with E-state index >= 15 is 0 Å². The van der Waals surface area contributed by atoms with Crippen LogP contribution in [0.15, 0.2) is 12.3 Å². The Morgan fingerprint density at radius 3 is 2.64 bits per heavy atom. The van der Waals surface area contributed by atoms with Gasteiger partial charge in [-0.25, -0.2) is 18.4 Å². The molecule has 14 heavy (non-hydrogen) atoms. The largest absolute Gasteiger partial charge is 0.296 e. The van der Waals surface area contributed by atoms with Gasteiger partial charge in [0, 0.05) is 12.5 Å². The molecule has 1 atom stereocenters. The lowest BCUT2D eigenvalue weighted by atomic mass is 10.4. The molecule has 1 heterocycles. The third-order valence-electron chi connectivity index (χ3n) is 1.82. The van der Waals surface area contributed by atoms with E-state index in [4.69, 9.17) is 0 Å². The molecular formula is C8H10N2O3S. The zero-order valence-corrected chi connectivity index (χ0v) is 8.65. The van der Waals surface area contributed by atoms with Gasteiger partial charge in [0.1, 0.15) is 16.8 Å². The van der Waals surface area contributed by atoms with Crippen molar-refractivity contribution in [3.8, 4) is 0 Å². The first-order valence-corrected chi connectivity index (χ1v) is 5.87. The molecule has 0 aliphatic heterocycles. The predicted octanol–water partition coefficient (Wildman–Crippen LogP) is 0.395. The summed E-state index contributed by atoms with van der Waals surface area (Å²) in [6, 6.07) is 1.42. The van der Waals surface area contributed by atoms with Gasteiger partial charge in [-0.15, -0.1) is 0 Å². The predicted molar refractivity (Wildman–Crippen MR) is 50.7 cm³/mol. The number of sulfone groups is 1. The van der Waals surface area contributed by atoms with Crippen LogP contribution in [0, 0.1) is 0 Å². The average Bonchev–Trinajstić information content (AvgIpc) is 2.15. The standard InChI is InChI=1S/C8H10N2O3S/c1-6(14(2,12)13)8-9-4-3-7(5-11)10-8/h3-6H,1-2H3. The second-order valence-corrected chi connectivity index (χ2v) is 5.30. The van der Waals surface area contributed by atoms with Crippen LogP contribution in [0.4, 0.5) is 0 Å². The zero-order valence-electron chi connectivity index (χ0n) is 7.84. The van der Waals surface area contributed by atoms with E-state index in [1.54, 1.807) is 0 Å². The van der Waals surface area contributed by atoms with Crippen molar-refractivity contribution in [1.29, 1.82) is 0 Å². The van der Waals surface area contributed by atoms with Crippen LogP contribution in [0.3, 0.4) is 0 Å². The van der Waals surface area contributed by atoms with Gasteiger partial charge in [0.25, 0.3) is 0 Å². The summed E-state index contributed by atoms with van der Waals surface area (Å²) in [5, 5.41) is -0.789. The molecule has 0 amide bonds. The van der Waals surface area contributed by atoms with Crippen LogP contribution in [0.1, 0.15) is 28.5 Å². The van der Waals surface area contributed by atoms with Crippen molar-refractivity contribution in [2.45, 2.75) is 12.2 Å². The average molecular weight is 214 g/mol. The number of hydrogen-bond acceptors (Lipinski definition) is 5. The van der Waals surface area contributed by atoms with Gasteiger partial charge in [-0.3, -0.25) is 4.79 Å². The van der Waals surface area contributed by atoms with Gasteiger partial charge in [-0.1, -0.05) is 0 Å². The van der Waals surface area contributed by atoms with E-state index in [0.29, 0.717) is 6.29 Å². The maximum absolute atomic E-state index is 11.2. The van der Waals surface area contributed by atoms with E-state index in [9.17, 15) is 13.2 Å². The molecule has 6 heteroatoms. The molecule has 0 radical (unpaired) electrons. The molecule has 0 N–H and O–H groups in total. The smallest absolute Gasteiger partial charge is 0.168 e. The lowest BCUT2D eigenvalue weighted by Crippen LogP contribution is -2.12. The minimum Gasteiger partial charge on any atom is -0.296 e. The van der Waals surface area contributed by atoms with Gasteiger partial charge in [-0.05, 0) is 13.0 Å². The summed E-state index contributed by atoms with van der Waals surface area (Å²) in [5.41, 5.74) is 0.186. The summed E-state index contributed by atoms with van der Waals surface area (Å²) in [4.78, 5) is 18.0. The number of carbonyl (C=O) groups is 1. The molecule has 5 nitrogen and oxygen atoms in total. The number of hydrogen-bond donors (Lipinski definition) is 0. The van der Waals surface area contributed by atoms with E-state index in [1.165, 1.54) is 19.2 Å². The number of rotatable bonds is 3. The molecule has 0 fully saturated rings. The van der Waals surface area contributed by atoms with Crippen molar-refractivity contribution in [2.75, 3.05) is 6.26 Å². The van der Waals surface area contributed by atoms with Crippen LogP contribution in [-0.2, 0) is 9.84 Å². The normalized spacial score (nSPS) is 13.6. The van der Waals surface area contributed by atoms with Gasteiger partial charge in [-0.2, -0.15) is 0 Å². The quantitative estimate of drug-likeness (QED) is 0.680. The monoisotopic (exact) mass is 214 g/mol. The Hall–Kier alpha value is -1.30. The summed E-state index contributed by atoms with van der Waals surface area (Å²) < 4.78 is 22.3. The fraction of sp³-hybridized carbons (Fsp3) is 0.375. The maximum Gasteiger partial charge on any atom is 0.168 e. The Bertz CT molecular complexity index is 442. The Balaban J connectivity index is 3.14. The highest BCUT2D eigenvalue weighted by Gasteiger charge is 2.19. The summed E-state index contributed by atoms with van der Waals surface area (Å²) in [6.07, 6.45) is 3.03. The molecule has 0 aliphatic carbocycles. The highest BCUT2D eigenvalue weighted by Crippen LogP contribution is 2.15. The van der Waals surface area contributed by atoms with E-state index in [0.717, 1.165) is 6.26 Å². The number of nitrogens with zero attached hydrogens (tertiary/aromatic N) is 2. The van der Waals surface area contributed by atoms with Gasteiger partial charge < -0.3 is 0 Å². The van der Waals surface area contributed by atoms with Crippen molar-refractivity contribution in [3.05, 3.63) is 23.8 Å². The number of aromatic nitrogens is 2. The van der Waals surface area contributed by atoms with Gasteiger partial charge in [0.2, 0.25) is 0 Å². The lowest BCUT2D eigenvalue weighted by Gasteiger charge is -2.06. The van der Waals surface area contributed by atoms with Crippen LogP contribution in [-0.4, -0.2) is 30.9 Å². The molecule has 76 valence electrons. The van der Waals surface area contributed by atoms with Crippen LogP contribution >= 0.6 is 0 Å². The minimum atomic E-state index is -3.22. The molecule has 0 saturated heterocycles. The fourth-order valence-corrected chi connectivity index (χ4v) is 1.34. The second-order valence-electron chi connectivity index (χ2n) is 2.93. The number of carbonyl (C=O) groups excluding carboxylic acids is 1. The zero-order chi connectivity index (χ0) is 10.8. The highest BCUT2D eigenvalue weighted by atomic mass is 32.2. The first-order valence-electron chi connectivity index (χ1n) is 3.92.